The first-order valence-corrected chi connectivity index (χ1v) is 5.41. The number of H-pyrrole nitrogens is 1. The zero-order valence-corrected chi connectivity index (χ0v) is 9.59. The van der Waals surface area contributed by atoms with Crippen molar-refractivity contribution < 1.29 is 0 Å². The number of nitrogens with one attached hydrogen (secondary N) is 1. The van der Waals surface area contributed by atoms with Crippen LogP contribution in [-0.2, 0) is 0 Å². The molecule has 2 heteroatoms. The maximum Gasteiger partial charge on any atom is 0.0462 e. The first-order valence-electron chi connectivity index (χ1n) is 5.41. The normalized spacial score (nSPS) is 13.3. The predicted molar refractivity (Wildman–Crippen MR) is 65.2 cm³/mol. The van der Waals surface area contributed by atoms with Gasteiger partial charge in [0.15, 0.2) is 0 Å². The SMILES string of the molecule is Cc1cc(C)c2c(C(C)CN)c[nH]c2c1. The number of hydrogen-bond donors (Lipinski definition) is 2. The lowest BCUT2D eigenvalue weighted by atomic mass is 9.97. The fourth-order valence-electron chi connectivity index (χ4n) is 2.21. The number of benzene rings is 1. The van der Waals surface area contributed by atoms with Gasteiger partial charge in [0.05, 0.1) is 0 Å². The molecule has 2 nitrogen and oxygen atoms in total. The highest BCUT2D eigenvalue weighted by molar-refractivity contribution is 5.87. The van der Waals surface area contributed by atoms with Gasteiger partial charge in [0.25, 0.3) is 0 Å². The number of hydrogen-bond acceptors (Lipinski definition) is 1. The van der Waals surface area contributed by atoms with E-state index in [1.807, 2.05) is 0 Å². The third-order valence-corrected chi connectivity index (χ3v) is 3.04. The van der Waals surface area contributed by atoms with Crippen LogP contribution in [0.25, 0.3) is 10.9 Å². The maximum atomic E-state index is 5.72. The molecule has 1 heterocycles. The van der Waals surface area contributed by atoms with E-state index in [1.54, 1.807) is 0 Å². The first-order chi connectivity index (χ1) is 7.13. The van der Waals surface area contributed by atoms with E-state index in [0.29, 0.717) is 12.5 Å². The molecule has 2 aromatic rings. The van der Waals surface area contributed by atoms with Gasteiger partial charge >= 0.3 is 0 Å². The van der Waals surface area contributed by atoms with Gasteiger partial charge in [-0.1, -0.05) is 13.0 Å². The molecule has 0 fully saturated rings. The lowest BCUT2D eigenvalue weighted by Gasteiger charge is -2.08. The van der Waals surface area contributed by atoms with Gasteiger partial charge < -0.3 is 10.7 Å². The molecule has 0 aliphatic heterocycles. The molecule has 0 amide bonds. The summed E-state index contributed by atoms with van der Waals surface area (Å²) < 4.78 is 0. The molecule has 1 aromatic carbocycles. The molecule has 80 valence electrons. The molecule has 0 saturated carbocycles. The second-order valence-corrected chi connectivity index (χ2v) is 4.39. The van der Waals surface area contributed by atoms with Gasteiger partial charge in [-0.2, -0.15) is 0 Å². The second kappa shape index (κ2) is 3.70. The van der Waals surface area contributed by atoms with Crippen LogP contribution in [0, 0.1) is 13.8 Å². The molecule has 2 rings (SSSR count). The molecule has 1 aromatic heterocycles. The third-order valence-electron chi connectivity index (χ3n) is 3.04. The third kappa shape index (κ3) is 1.65. The van der Waals surface area contributed by atoms with E-state index in [0.717, 1.165) is 0 Å². The minimum Gasteiger partial charge on any atom is -0.361 e. The first kappa shape index (κ1) is 10.2. The smallest absolute Gasteiger partial charge is 0.0462 e. The summed E-state index contributed by atoms with van der Waals surface area (Å²) >= 11 is 0. The van der Waals surface area contributed by atoms with Gasteiger partial charge in [-0.3, -0.25) is 0 Å². The largest absolute Gasteiger partial charge is 0.361 e. The van der Waals surface area contributed by atoms with Crippen molar-refractivity contribution in [3.8, 4) is 0 Å². The molecular weight excluding hydrogens is 184 g/mol. The average molecular weight is 202 g/mol. The molecule has 15 heavy (non-hydrogen) atoms. The molecule has 0 spiro atoms. The molecule has 0 saturated heterocycles. The Bertz CT molecular complexity index is 482. The van der Waals surface area contributed by atoms with Crippen LogP contribution in [0.15, 0.2) is 18.3 Å². The van der Waals surface area contributed by atoms with E-state index in [4.69, 9.17) is 5.73 Å². The maximum absolute atomic E-state index is 5.72. The van der Waals surface area contributed by atoms with Crippen molar-refractivity contribution in [2.45, 2.75) is 26.7 Å². The molecule has 1 atom stereocenters. The van der Waals surface area contributed by atoms with Gasteiger partial charge in [-0.15, -0.1) is 0 Å². The summed E-state index contributed by atoms with van der Waals surface area (Å²) in [6.07, 6.45) is 2.09. The van der Waals surface area contributed by atoms with Crippen molar-refractivity contribution in [1.29, 1.82) is 0 Å². The summed E-state index contributed by atoms with van der Waals surface area (Å²) in [4.78, 5) is 3.33. The molecule has 0 aliphatic rings. The lowest BCUT2D eigenvalue weighted by Crippen LogP contribution is -2.08. The number of aryl methyl sites for hydroxylation is 2. The van der Waals surface area contributed by atoms with Crippen molar-refractivity contribution in [2.24, 2.45) is 5.73 Å². The standard InChI is InChI=1S/C13H18N2/c1-8-4-9(2)13-11(10(3)6-14)7-15-12(13)5-8/h4-5,7,10,15H,6,14H2,1-3H3. The molecule has 0 bridgehead atoms. The Hall–Kier alpha value is -1.28. The second-order valence-electron chi connectivity index (χ2n) is 4.39. The Balaban J connectivity index is 2.69. The zero-order valence-electron chi connectivity index (χ0n) is 9.59. The molecule has 3 N–H and O–H groups in total. The zero-order chi connectivity index (χ0) is 11.0. The summed E-state index contributed by atoms with van der Waals surface area (Å²) in [5, 5.41) is 1.35. The van der Waals surface area contributed by atoms with Gasteiger partial charge in [-0.05, 0) is 49.1 Å². The van der Waals surface area contributed by atoms with Gasteiger partial charge in [0.2, 0.25) is 0 Å². The van der Waals surface area contributed by atoms with Crippen LogP contribution >= 0.6 is 0 Å². The van der Waals surface area contributed by atoms with Crippen molar-refractivity contribution in [1.82, 2.24) is 4.98 Å². The van der Waals surface area contributed by atoms with E-state index in [2.05, 4.69) is 44.1 Å². The van der Waals surface area contributed by atoms with Crippen molar-refractivity contribution in [2.75, 3.05) is 6.54 Å². The summed E-state index contributed by atoms with van der Waals surface area (Å²) in [7, 11) is 0. The van der Waals surface area contributed by atoms with Crippen LogP contribution < -0.4 is 5.73 Å². The van der Waals surface area contributed by atoms with E-state index in [1.165, 1.54) is 27.6 Å². The van der Waals surface area contributed by atoms with Crippen molar-refractivity contribution in [3.05, 3.63) is 35.0 Å². The van der Waals surface area contributed by atoms with Crippen LogP contribution in [-0.4, -0.2) is 11.5 Å². The number of aromatic nitrogens is 1. The molecule has 0 radical (unpaired) electrons. The van der Waals surface area contributed by atoms with E-state index >= 15 is 0 Å². The Morgan fingerprint density at radius 3 is 2.73 bits per heavy atom. The summed E-state index contributed by atoms with van der Waals surface area (Å²) in [6.45, 7) is 7.15. The Kier molecular flexibility index (Phi) is 2.53. The quantitative estimate of drug-likeness (QED) is 0.772. The van der Waals surface area contributed by atoms with Gasteiger partial charge in [0.1, 0.15) is 0 Å². The van der Waals surface area contributed by atoms with Crippen molar-refractivity contribution in [3.63, 3.8) is 0 Å². The van der Waals surface area contributed by atoms with Crippen LogP contribution in [0.4, 0.5) is 0 Å². The fraction of sp³-hybridized carbons (Fsp3) is 0.385. The molecule has 1 unspecified atom stereocenters. The Morgan fingerprint density at radius 2 is 2.07 bits per heavy atom. The Labute approximate surface area is 90.5 Å². The lowest BCUT2D eigenvalue weighted by molar-refractivity contribution is 0.780. The Morgan fingerprint density at radius 1 is 1.33 bits per heavy atom. The monoisotopic (exact) mass is 202 g/mol. The summed E-state index contributed by atoms with van der Waals surface area (Å²) in [5.41, 5.74) is 10.9. The van der Waals surface area contributed by atoms with Crippen LogP contribution in [0.3, 0.4) is 0 Å². The minimum absolute atomic E-state index is 0.417. The van der Waals surface area contributed by atoms with E-state index in [9.17, 15) is 0 Å². The molecular formula is C13H18N2. The fourth-order valence-corrected chi connectivity index (χ4v) is 2.21. The van der Waals surface area contributed by atoms with E-state index in [-0.39, 0.29) is 0 Å². The van der Waals surface area contributed by atoms with Crippen LogP contribution in [0.5, 0.6) is 0 Å². The topological polar surface area (TPSA) is 41.8 Å². The highest BCUT2D eigenvalue weighted by Gasteiger charge is 2.11. The van der Waals surface area contributed by atoms with Gasteiger partial charge in [0, 0.05) is 17.1 Å². The highest BCUT2D eigenvalue weighted by atomic mass is 14.7. The minimum atomic E-state index is 0.417. The highest BCUT2D eigenvalue weighted by Crippen LogP contribution is 2.28. The number of rotatable bonds is 2. The van der Waals surface area contributed by atoms with E-state index < -0.39 is 0 Å². The summed E-state index contributed by atoms with van der Waals surface area (Å²) in [5.74, 6) is 0.417. The van der Waals surface area contributed by atoms with Crippen LogP contribution in [0.2, 0.25) is 0 Å². The number of aromatic amines is 1. The number of fused-ring (bicyclic) bond motifs is 1. The summed E-state index contributed by atoms with van der Waals surface area (Å²) in [6, 6.07) is 4.41. The van der Waals surface area contributed by atoms with Crippen molar-refractivity contribution >= 4 is 10.9 Å². The molecule has 0 aliphatic carbocycles. The average Bonchev–Trinajstić information content (AvgIpc) is 2.60. The van der Waals surface area contributed by atoms with Gasteiger partial charge in [-0.25, -0.2) is 0 Å². The predicted octanol–water partition coefficient (Wildman–Crippen LogP) is 2.85. The number of nitrogens with two attached hydrogens (primary N) is 1. The van der Waals surface area contributed by atoms with Crippen LogP contribution in [0.1, 0.15) is 29.5 Å².